The van der Waals surface area contributed by atoms with Gasteiger partial charge >= 0.3 is 0 Å². The van der Waals surface area contributed by atoms with Gasteiger partial charge in [-0.25, -0.2) is 0 Å². The molecule has 78 valence electrons. The van der Waals surface area contributed by atoms with E-state index in [4.69, 9.17) is 14.2 Å². The Labute approximate surface area is 80.7 Å². The van der Waals surface area contributed by atoms with Gasteiger partial charge in [-0.1, -0.05) is 6.58 Å². The van der Waals surface area contributed by atoms with Crippen LogP contribution in [0, 0.1) is 0 Å². The molecular weight excluding hydrogens is 168 g/mol. The highest BCUT2D eigenvalue weighted by Gasteiger charge is 2.19. The van der Waals surface area contributed by atoms with Gasteiger partial charge in [-0.3, -0.25) is 0 Å². The normalized spacial score (nSPS) is 11.8. The molecule has 0 spiro atoms. The first-order valence-corrected chi connectivity index (χ1v) is 4.52. The maximum Gasteiger partial charge on any atom is 0.163 e. The third-order valence-corrected chi connectivity index (χ3v) is 1.29. The molecule has 0 rings (SSSR count). The molecule has 0 unspecified atom stereocenters. The van der Waals surface area contributed by atoms with Crippen LogP contribution < -0.4 is 0 Å². The van der Waals surface area contributed by atoms with Crippen molar-refractivity contribution in [3.63, 3.8) is 0 Å². The quantitative estimate of drug-likeness (QED) is 0.348. The minimum atomic E-state index is -0.543. The molecule has 3 heteroatoms. The summed E-state index contributed by atoms with van der Waals surface area (Å²) in [5.74, 6) is -0.543. The van der Waals surface area contributed by atoms with Crippen molar-refractivity contribution in [3.8, 4) is 0 Å². The van der Waals surface area contributed by atoms with E-state index in [1.807, 2.05) is 27.7 Å². The zero-order chi connectivity index (χ0) is 10.3. The Morgan fingerprint density at radius 1 is 1.31 bits per heavy atom. The third-order valence-electron chi connectivity index (χ3n) is 1.29. The van der Waals surface area contributed by atoms with E-state index < -0.39 is 5.79 Å². The summed E-state index contributed by atoms with van der Waals surface area (Å²) < 4.78 is 15.9. The second kappa shape index (κ2) is 6.00. The van der Waals surface area contributed by atoms with E-state index in [-0.39, 0.29) is 6.10 Å². The smallest absolute Gasteiger partial charge is 0.163 e. The van der Waals surface area contributed by atoms with Gasteiger partial charge in [0.05, 0.1) is 19.0 Å². The molecule has 0 aliphatic rings. The van der Waals surface area contributed by atoms with Crippen LogP contribution in [0.3, 0.4) is 0 Å². The van der Waals surface area contributed by atoms with Crippen LogP contribution in [-0.2, 0) is 14.2 Å². The molecule has 0 aliphatic heterocycles. The second-order valence-electron chi connectivity index (χ2n) is 3.45. The highest BCUT2D eigenvalue weighted by molar-refractivity contribution is 4.56. The number of hydrogen-bond donors (Lipinski definition) is 0. The molecule has 0 aromatic heterocycles. The van der Waals surface area contributed by atoms with E-state index >= 15 is 0 Å². The van der Waals surface area contributed by atoms with Crippen LogP contribution in [0.5, 0.6) is 0 Å². The van der Waals surface area contributed by atoms with Crippen molar-refractivity contribution in [2.24, 2.45) is 0 Å². The molecule has 0 aromatic carbocycles. The lowest BCUT2D eigenvalue weighted by atomic mass is 10.3. The van der Waals surface area contributed by atoms with E-state index in [9.17, 15) is 0 Å². The van der Waals surface area contributed by atoms with Crippen LogP contribution >= 0.6 is 0 Å². The molecule has 0 saturated carbocycles. The Bertz CT molecular complexity index is 141. The van der Waals surface area contributed by atoms with Crippen LogP contribution in [-0.4, -0.2) is 25.1 Å². The van der Waals surface area contributed by atoms with Gasteiger partial charge in [-0.15, -0.1) is 0 Å². The van der Waals surface area contributed by atoms with Crippen LogP contribution in [0.4, 0.5) is 0 Å². The molecular formula is C10H20O3. The maximum atomic E-state index is 5.51. The molecule has 0 N–H and O–H groups in total. The molecule has 0 saturated heterocycles. The van der Waals surface area contributed by atoms with Gasteiger partial charge in [-0.2, -0.15) is 0 Å². The maximum absolute atomic E-state index is 5.51. The van der Waals surface area contributed by atoms with E-state index in [0.29, 0.717) is 13.2 Å². The highest BCUT2D eigenvalue weighted by Crippen LogP contribution is 2.13. The Kier molecular flexibility index (Phi) is 5.75. The number of hydrogen-bond acceptors (Lipinski definition) is 3. The standard InChI is InChI=1S/C10H20O3/c1-6-11-7-8-12-10(4,5)13-9(2)3/h6,9H,1,7-8H2,2-5H3. The van der Waals surface area contributed by atoms with Gasteiger partial charge in [0.25, 0.3) is 0 Å². The van der Waals surface area contributed by atoms with Crippen molar-refractivity contribution in [1.29, 1.82) is 0 Å². The lowest BCUT2D eigenvalue weighted by Crippen LogP contribution is -2.32. The van der Waals surface area contributed by atoms with Crippen molar-refractivity contribution >= 4 is 0 Å². The van der Waals surface area contributed by atoms with Gasteiger partial charge in [0, 0.05) is 0 Å². The molecule has 3 nitrogen and oxygen atoms in total. The summed E-state index contributed by atoms with van der Waals surface area (Å²) in [7, 11) is 0. The molecule has 0 heterocycles. The summed E-state index contributed by atoms with van der Waals surface area (Å²) >= 11 is 0. The Morgan fingerprint density at radius 3 is 2.38 bits per heavy atom. The van der Waals surface area contributed by atoms with E-state index in [1.54, 1.807) is 0 Å². The first kappa shape index (κ1) is 12.5. The first-order chi connectivity index (χ1) is 5.98. The molecule has 0 fully saturated rings. The molecule has 0 atom stereocenters. The van der Waals surface area contributed by atoms with Crippen LogP contribution in [0.2, 0.25) is 0 Å². The minimum absolute atomic E-state index is 0.162. The Morgan fingerprint density at radius 2 is 1.92 bits per heavy atom. The number of rotatable bonds is 7. The second-order valence-corrected chi connectivity index (χ2v) is 3.45. The summed E-state index contributed by atoms with van der Waals surface area (Å²) in [5.41, 5.74) is 0. The molecule has 0 amide bonds. The summed E-state index contributed by atoms with van der Waals surface area (Å²) in [6.45, 7) is 12.2. The van der Waals surface area contributed by atoms with Crippen molar-refractivity contribution < 1.29 is 14.2 Å². The Balaban J connectivity index is 3.56. The lowest BCUT2D eigenvalue weighted by Gasteiger charge is -2.27. The van der Waals surface area contributed by atoms with Gasteiger partial charge in [0.1, 0.15) is 6.61 Å². The van der Waals surface area contributed by atoms with Gasteiger partial charge < -0.3 is 14.2 Å². The monoisotopic (exact) mass is 188 g/mol. The SMILES string of the molecule is C=COCCOC(C)(C)OC(C)C. The minimum Gasteiger partial charge on any atom is -0.499 e. The largest absolute Gasteiger partial charge is 0.499 e. The van der Waals surface area contributed by atoms with Gasteiger partial charge in [0.15, 0.2) is 5.79 Å². The highest BCUT2D eigenvalue weighted by atomic mass is 16.7. The summed E-state index contributed by atoms with van der Waals surface area (Å²) in [5, 5.41) is 0. The van der Waals surface area contributed by atoms with Crippen LogP contribution in [0.15, 0.2) is 12.8 Å². The Hall–Kier alpha value is -0.540. The molecule has 13 heavy (non-hydrogen) atoms. The number of ether oxygens (including phenoxy) is 3. The molecule has 0 bridgehead atoms. The fourth-order valence-electron chi connectivity index (χ4n) is 1.02. The van der Waals surface area contributed by atoms with E-state index in [0.717, 1.165) is 0 Å². The van der Waals surface area contributed by atoms with Crippen molar-refractivity contribution in [2.45, 2.75) is 39.6 Å². The van der Waals surface area contributed by atoms with Crippen molar-refractivity contribution in [2.75, 3.05) is 13.2 Å². The molecule has 0 radical (unpaired) electrons. The zero-order valence-corrected chi connectivity index (χ0v) is 9.00. The van der Waals surface area contributed by atoms with Gasteiger partial charge in [-0.05, 0) is 27.7 Å². The third kappa shape index (κ3) is 7.81. The van der Waals surface area contributed by atoms with Crippen LogP contribution in [0.1, 0.15) is 27.7 Å². The average molecular weight is 188 g/mol. The molecule has 0 aliphatic carbocycles. The summed E-state index contributed by atoms with van der Waals surface area (Å²) in [6, 6.07) is 0. The summed E-state index contributed by atoms with van der Waals surface area (Å²) in [6.07, 6.45) is 1.56. The van der Waals surface area contributed by atoms with E-state index in [1.165, 1.54) is 6.26 Å². The summed E-state index contributed by atoms with van der Waals surface area (Å²) in [4.78, 5) is 0. The average Bonchev–Trinajstić information content (AvgIpc) is 1.95. The lowest BCUT2D eigenvalue weighted by molar-refractivity contribution is -0.233. The predicted octanol–water partition coefficient (Wildman–Crippen LogP) is 2.32. The van der Waals surface area contributed by atoms with Crippen molar-refractivity contribution in [1.82, 2.24) is 0 Å². The first-order valence-electron chi connectivity index (χ1n) is 4.52. The fraction of sp³-hybridized carbons (Fsp3) is 0.800. The topological polar surface area (TPSA) is 27.7 Å². The van der Waals surface area contributed by atoms with Crippen LogP contribution in [0.25, 0.3) is 0 Å². The fourth-order valence-corrected chi connectivity index (χ4v) is 1.02. The zero-order valence-electron chi connectivity index (χ0n) is 9.00. The van der Waals surface area contributed by atoms with E-state index in [2.05, 4.69) is 6.58 Å². The van der Waals surface area contributed by atoms with Crippen molar-refractivity contribution in [3.05, 3.63) is 12.8 Å². The predicted molar refractivity (Wildman–Crippen MR) is 52.4 cm³/mol. The molecule has 0 aromatic rings. The van der Waals surface area contributed by atoms with Gasteiger partial charge in [0.2, 0.25) is 0 Å².